The van der Waals surface area contributed by atoms with Gasteiger partial charge in [-0.25, -0.2) is 9.97 Å². The molecule has 36 heavy (non-hydrogen) atoms. The van der Waals surface area contributed by atoms with Crippen LogP contribution in [-0.4, -0.2) is 15.0 Å². The van der Waals surface area contributed by atoms with Gasteiger partial charge in [-0.1, -0.05) is 109 Å². The van der Waals surface area contributed by atoms with Crippen LogP contribution in [0.5, 0.6) is 0 Å². The van der Waals surface area contributed by atoms with Crippen molar-refractivity contribution >= 4 is 0 Å². The molecule has 0 unspecified atom stereocenters. The van der Waals surface area contributed by atoms with Gasteiger partial charge in [0.1, 0.15) is 0 Å². The predicted molar refractivity (Wildman–Crippen MR) is 147 cm³/mol. The summed E-state index contributed by atoms with van der Waals surface area (Å²) in [5.74, 6) is 0.710. The van der Waals surface area contributed by atoms with Gasteiger partial charge in [0.05, 0.1) is 11.4 Å². The molecule has 0 saturated carbocycles. The average Bonchev–Trinajstić information content (AvgIpc) is 2.98. The maximum atomic E-state index is 4.97. The monoisotopic (exact) mass is 461 g/mol. The lowest BCUT2D eigenvalue weighted by Crippen LogP contribution is -1.96. The minimum atomic E-state index is 0.710. The highest BCUT2D eigenvalue weighted by molar-refractivity contribution is 5.76. The Morgan fingerprint density at radius 3 is 1.61 bits per heavy atom. The van der Waals surface area contributed by atoms with E-state index in [0.29, 0.717) is 5.82 Å². The van der Waals surface area contributed by atoms with Crippen LogP contribution in [0.15, 0.2) is 140 Å². The molecule has 170 valence electrons. The summed E-state index contributed by atoms with van der Waals surface area (Å²) in [5, 5.41) is 0. The van der Waals surface area contributed by atoms with Gasteiger partial charge in [-0.2, -0.15) is 0 Å². The first-order valence-corrected chi connectivity index (χ1v) is 11.9. The minimum Gasteiger partial charge on any atom is -0.264 e. The van der Waals surface area contributed by atoms with Crippen molar-refractivity contribution in [3.63, 3.8) is 0 Å². The van der Waals surface area contributed by atoms with E-state index in [9.17, 15) is 0 Å². The lowest BCUT2D eigenvalue weighted by atomic mass is 10.0. The van der Waals surface area contributed by atoms with E-state index in [-0.39, 0.29) is 0 Å². The Morgan fingerprint density at radius 1 is 0.361 bits per heavy atom. The quantitative estimate of drug-likeness (QED) is 0.260. The summed E-state index contributed by atoms with van der Waals surface area (Å²) >= 11 is 0. The fourth-order valence-electron chi connectivity index (χ4n) is 4.31. The lowest BCUT2D eigenvalue weighted by Gasteiger charge is -2.11. The molecule has 0 radical (unpaired) electrons. The first-order valence-electron chi connectivity index (χ1n) is 11.9. The standard InChI is InChI=1S/C33H23N3/c1-3-9-24(10-4-1)25-16-18-26(19-17-25)31-22-32(36-33(35-31)27-11-5-2-6-12-27)29-14-7-13-28(21-29)30-15-8-20-34-23-30/h1-23H. The molecule has 3 nitrogen and oxygen atoms in total. The molecule has 6 aromatic rings. The van der Waals surface area contributed by atoms with Crippen molar-refractivity contribution in [1.82, 2.24) is 15.0 Å². The molecule has 0 aliphatic heterocycles. The summed E-state index contributed by atoms with van der Waals surface area (Å²) in [7, 11) is 0. The molecule has 0 atom stereocenters. The summed E-state index contributed by atoms with van der Waals surface area (Å²) in [4.78, 5) is 14.2. The van der Waals surface area contributed by atoms with Gasteiger partial charge in [0.25, 0.3) is 0 Å². The Morgan fingerprint density at radius 2 is 0.917 bits per heavy atom. The van der Waals surface area contributed by atoms with Crippen molar-refractivity contribution < 1.29 is 0 Å². The van der Waals surface area contributed by atoms with Gasteiger partial charge in [0.15, 0.2) is 5.82 Å². The van der Waals surface area contributed by atoms with Crippen molar-refractivity contribution in [2.45, 2.75) is 0 Å². The highest BCUT2D eigenvalue weighted by Crippen LogP contribution is 2.31. The summed E-state index contributed by atoms with van der Waals surface area (Å²) in [6.07, 6.45) is 3.67. The molecular weight excluding hydrogens is 438 g/mol. The summed E-state index contributed by atoms with van der Waals surface area (Å²) in [6.45, 7) is 0. The van der Waals surface area contributed by atoms with Crippen LogP contribution in [0.2, 0.25) is 0 Å². The second kappa shape index (κ2) is 9.77. The smallest absolute Gasteiger partial charge is 0.160 e. The maximum Gasteiger partial charge on any atom is 0.160 e. The first kappa shape index (κ1) is 21.6. The molecule has 0 fully saturated rings. The molecule has 3 heteroatoms. The largest absolute Gasteiger partial charge is 0.264 e. The van der Waals surface area contributed by atoms with Crippen molar-refractivity contribution in [3.05, 3.63) is 140 Å². The van der Waals surface area contributed by atoms with E-state index in [4.69, 9.17) is 9.97 Å². The Kier molecular flexibility index (Phi) is 5.87. The predicted octanol–water partition coefficient (Wildman–Crippen LogP) is 8.21. The van der Waals surface area contributed by atoms with Gasteiger partial charge in [-0.15, -0.1) is 0 Å². The van der Waals surface area contributed by atoms with Gasteiger partial charge in [-0.3, -0.25) is 4.98 Å². The van der Waals surface area contributed by atoms with Crippen LogP contribution in [0.4, 0.5) is 0 Å². The van der Waals surface area contributed by atoms with Crippen molar-refractivity contribution in [1.29, 1.82) is 0 Å². The molecule has 0 saturated heterocycles. The number of nitrogens with zero attached hydrogens (tertiary/aromatic N) is 3. The number of hydrogen-bond acceptors (Lipinski definition) is 3. The number of rotatable bonds is 5. The van der Waals surface area contributed by atoms with Crippen molar-refractivity contribution in [2.24, 2.45) is 0 Å². The van der Waals surface area contributed by atoms with E-state index in [0.717, 1.165) is 39.2 Å². The maximum absolute atomic E-state index is 4.97. The van der Waals surface area contributed by atoms with Gasteiger partial charge in [0, 0.05) is 34.6 Å². The highest BCUT2D eigenvalue weighted by atomic mass is 14.9. The average molecular weight is 462 g/mol. The Balaban J connectivity index is 1.45. The van der Waals surface area contributed by atoms with E-state index in [1.165, 1.54) is 11.1 Å². The number of benzene rings is 4. The van der Waals surface area contributed by atoms with Gasteiger partial charge < -0.3 is 0 Å². The van der Waals surface area contributed by atoms with E-state index in [1.54, 1.807) is 6.20 Å². The molecule has 2 aromatic heterocycles. The zero-order valence-electron chi connectivity index (χ0n) is 19.6. The third-order valence-electron chi connectivity index (χ3n) is 6.20. The second-order valence-electron chi connectivity index (χ2n) is 8.59. The van der Waals surface area contributed by atoms with Crippen LogP contribution in [0, 0.1) is 0 Å². The zero-order chi connectivity index (χ0) is 24.2. The fraction of sp³-hybridized carbons (Fsp3) is 0. The molecule has 6 rings (SSSR count). The van der Waals surface area contributed by atoms with Gasteiger partial charge in [-0.05, 0) is 34.9 Å². The number of aromatic nitrogens is 3. The Labute approximate surface area is 210 Å². The summed E-state index contributed by atoms with van der Waals surface area (Å²) in [6, 6.07) is 43.6. The van der Waals surface area contributed by atoms with Gasteiger partial charge in [0.2, 0.25) is 0 Å². The van der Waals surface area contributed by atoms with Crippen LogP contribution in [0.1, 0.15) is 0 Å². The van der Waals surface area contributed by atoms with E-state index in [2.05, 4.69) is 89.9 Å². The summed E-state index contributed by atoms with van der Waals surface area (Å²) < 4.78 is 0. The summed E-state index contributed by atoms with van der Waals surface area (Å²) in [5.41, 5.74) is 9.43. The Hall–Kier alpha value is -4.89. The zero-order valence-corrected chi connectivity index (χ0v) is 19.6. The molecule has 0 bridgehead atoms. The third-order valence-corrected chi connectivity index (χ3v) is 6.20. The minimum absolute atomic E-state index is 0.710. The fourth-order valence-corrected chi connectivity index (χ4v) is 4.31. The van der Waals surface area contributed by atoms with Crippen LogP contribution in [0.3, 0.4) is 0 Å². The highest BCUT2D eigenvalue weighted by Gasteiger charge is 2.12. The normalized spacial score (nSPS) is 10.8. The molecule has 0 N–H and O–H groups in total. The van der Waals surface area contributed by atoms with E-state index >= 15 is 0 Å². The Bertz CT molecular complexity index is 1590. The van der Waals surface area contributed by atoms with Crippen molar-refractivity contribution in [3.8, 4) is 56.2 Å². The van der Waals surface area contributed by atoms with E-state index < -0.39 is 0 Å². The van der Waals surface area contributed by atoms with E-state index in [1.807, 2.05) is 48.7 Å². The SMILES string of the molecule is c1ccc(-c2ccc(-c3cc(-c4cccc(-c5cccnc5)c4)nc(-c4ccccc4)n3)cc2)cc1. The third kappa shape index (κ3) is 4.55. The van der Waals surface area contributed by atoms with Crippen LogP contribution in [0.25, 0.3) is 56.2 Å². The first-order chi connectivity index (χ1) is 17.8. The van der Waals surface area contributed by atoms with Crippen LogP contribution < -0.4 is 0 Å². The molecule has 4 aromatic carbocycles. The molecule has 0 spiro atoms. The molecule has 0 amide bonds. The molecule has 0 aliphatic carbocycles. The van der Waals surface area contributed by atoms with Gasteiger partial charge >= 0.3 is 0 Å². The number of pyridine rings is 1. The lowest BCUT2D eigenvalue weighted by molar-refractivity contribution is 1.18. The second-order valence-corrected chi connectivity index (χ2v) is 8.59. The number of hydrogen-bond donors (Lipinski definition) is 0. The van der Waals surface area contributed by atoms with Crippen LogP contribution >= 0.6 is 0 Å². The molecular formula is C33H23N3. The molecule has 2 heterocycles. The topological polar surface area (TPSA) is 38.7 Å². The van der Waals surface area contributed by atoms with Crippen molar-refractivity contribution in [2.75, 3.05) is 0 Å². The molecule has 0 aliphatic rings. The van der Waals surface area contributed by atoms with Crippen LogP contribution in [-0.2, 0) is 0 Å².